The van der Waals surface area contributed by atoms with Gasteiger partial charge in [-0.05, 0) is 25.8 Å². The van der Waals surface area contributed by atoms with E-state index in [1.807, 2.05) is 11.6 Å². The molecule has 1 N–H and O–H groups in total. The van der Waals surface area contributed by atoms with Crippen LogP contribution in [0.2, 0.25) is 0 Å². The van der Waals surface area contributed by atoms with E-state index in [0.29, 0.717) is 19.8 Å². The fourth-order valence-electron chi connectivity index (χ4n) is 1.64. The van der Waals surface area contributed by atoms with E-state index in [1.54, 1.807) is 0 Å². The highest BCUT2D eigenvalue weighted by Crippen LogP contribution is 2.07. The molecule has 1 aromatic rings. The van der Waals surface area contributed by atoms with Gasteiger partial charge in [0.2, 0.25) is 0 Å². The van der Waals surface area contributed by atoms with E-state index in [0.717, 1.165) is 18.5 Å². The van der Waals surface area contributed by atoms with Crippen molar-refractivity contribution in [3.05, 3.63) is 17.5 Å². The lowest BCUT2D eigenvalue weighted by Gasteiger charge is -2.12. The third-order valence-electron chi connectivity index (χ3n) is 2.54. The number of hydrogen-bond acceptors (Lipinski definition) is 3. The molecule has 0 aliphatic heterocycles. The molecule has 0 aliphatic carbocycles. The number of aliphatic hydroxyl groups is 1. The summed E-state index contributed by atoms with van der Waals surface area (Å²) in [4.78, 5) is 0. The van der Waals surface area contributed by atoms with Gasteiger partial charge < -0.3 is 9.84 Å². The number of aromatic nitrogens is 2. The summed E-state index contributed by atoms with van der Waals surface area (Å²) < 4.78 is 7.07. The van der Waals surface area contributed by atoms with Gasteiger partial charge in [-0.15, -0.1) is 0 Å². The smallest absolute Gasteiger partial charge is 0.0969 e. The van der Waals surface area contributed by atoms with Gasteiger partial charge in [0, 0.05) is 12.3 Å². The molecule has 0 aromatic carbocycles. The summed E-state index contributed by atoms with van der Waals surface area (Å²) in [6.07, 6.45) is 1.39. The second kappa shape index (κ2) is 6.66. The summed E-state index contributed by atoms with van der Waals surface area (Å²) in [5.41, 5.74) is 2.26. The van der Waals surface area contributed by atoms with Crippen molar-refractivity contribution in [2.45, 2.75) is 46.3 Å². The molecule has 92 valence electrons. The molecule has 0 radical (unpaired) electrons. The molecule has 0 bridgehead atoms. The van der Waals surface area contributed by atoms with Gasteiger partial charge in [-0.3, -0.25) is 4.68 Å². The van der Waals surface area contributed by atoms with Gasteiger partial charge in [0.25, 0.3) is 0 Å². The number of hydrogen-bond donors (Lipinski definition) is 1. The molecule has 1 unspecified atom stereocenters. The maximum atomic E-state index is 9.75. The number of rotatable bonds is 7. The van der Waals surface area contributed by atoms with Gasteiger partial charge in [-0.1, -0.05) is 13.8 Å². The minimum Gasteiger partial charge on any atom is -0.389 e. The number of aryl methyl sites for hydroxylation is 2. The Labute approximate surface area is 97.2 Å². The van der Waals surface area contributed by atoms with E-state index in [-0.39, 0.29) is 0 Å². The first kappa shape index (κ1) is 13.2. The van der Waals surface area contributed by atoms with Crippen molar-refractivity contribution < 1.29 is 9.84 Å². The standard InChI is InChI=1S/C12H22N2O2/c1-4-10-7-11(5-2)14(13-10)8-12(15)9-16-6-3/h7,12,15H,4-6,8-9H2,1-3H3. The third kappa shape index (κ3) is 3.61. The second-order valence-corrected chi connectivity index (χ2v) is 3.83. The molecule has 0 saturated heterocycles. The Kier molecular flexibility index (Phi) is 5.49. The molecule has 4 heteroatoms. The summed E-state index contributed by atoms with van der Waals surface area (Å²) in [5.74, 6) is 0. The van der Waals surface area contributed by atoms with Crippen molar-refractivity contribution >= 4 is 0 Å². The van der Waals surface area contributed by atoms with Crippen LogP contribution in [0.15, 0.2) is 6.07 Å². The van der Waals surface area contributed by atoms with Gasteiger partial charge in [-0.25, -0.2) is 0 Å². The van der Waals surface area contributed by atoms with E-state index in [4.69, 9.17) is 4.74 Å². The monoisotopic (exact) mass is 226 g/mol. The molecular formula is C12H22N2O2. The lowest BCUT2D eigenvalue weighted by Crippen LogP contribution is -2.23. The van der Waals surface area contributed by atoms with Crippen LogP contribution < -0.4 is 0 Å². The van der Waals surface area contributed by atoms with Crippen LogP contribution in [0.5, 0.6) is 0 Å². The highest BCUT2D eigenvalue weighted by Gasteiger charge is 2.10. The van der Waals surface area contributed by atoms with Crippen molar-refractivity contribution in [3.8, 4) is 0 Å². The molecule has 1 atom stereocenters. The zero-order valence-corrected chi connectivity index (χ0v) is 10.4. The van der Waals surface area contributed by atoms with E-state index in [9.17, 15) is 5.11 Å². The maximum Gasteiger partial charge on any atom is 0.0969 e. The summed E-state index contributed by atoms with van der Waals surface area (Å²) in [6.45, 7) is 7.64. The zero-order chi connectivity index (χ0) is 12.0. The van der Waals surface area contributed by atoms with Gasteiger partial charge in [-0.2, -0.15) is 5.10 Å². The molecule has 0 aliphatic rings. The highest BCUT2D eigenvalue weighted by molar-refractivity contribution is 5.10. The molecule has 0 saturated carbocycles. The predicted molar refractivity (Wildman–Crippen MR) is 63.5 cm³/mol. The Morgan fingerprint density at radius 1 is 1.38 bits per heavy atom. The van der Waals surface area contributed by atoms with Crippen molar-refractivity contribution in [1.29, 1.82) is 0 Å². The Morgan fingerprint density at radius 3 is 2.69 bits per heavy atom. The van der Waals surface area contributed by atoms with Crippen LogP contribution in [-0.2, 0) is 24.1 Å². The molecule has 0 spiro atoms. The van der Waals surface area contributed by atoms with Crippen molar-refractivity contribution in [2.24, 2.45) is 0 Å². The average Bonchev–Trinajstić information content (AvgIpc) is 2.68. The van der Waals surface area contributed by atoms with E-state index in [2.05, 4.69) is 25.0 Å². The molecule has 16 heavy (non-hydrogen) atoms. The van der Waals surface area contributed by atoms with Crippen LogP contribution in [0.3, 0.4) is 0 Å². The number of nitrogens with zero attached hydrogens (tertiary/aromatic N) is 2. The minimum atomic E-state index is -0.477. The largest absolute Gasteiger partial charge is 0.389 e. The maximum absolute atomic E-state index is 9.75. The van der Waals surface area contributed by atoms with Crippen LogP contribution >= 0.6 is 0 Å². The van der Waals surface area contributed by atoms with Crippen LogP contribution in [0, 0.1) is 0 Å². The summed E-state index contributed by atoms with van der Waals surface area (Å²) in [6, 6.07) is 2.10. The Balaban J connectivity index is 2.60. The van der Waals surface area contributed by atoms with Crippen LogP contribution in [-0.4, -0.2) is 34.2 Å². The molecule has 1 rings (SSSR count). The lowest BCUT2D eigenvalue weighted by molar-refractivity contribution is 0.0311. The van der Waals surface area contributed by atoms with E-state index >= 15 is 0 Å². The van der Waals surface area contributed by atoms with Crippen LogP contribution in [0.25, 0.3) is 0 Å². The minimum absolute atomic E-state index is 0.376. The van der Waals surface area contributed by atoms with Crippen molar-refractivity contribution in [2.75, 3.05) is 13.2 Å². The molecule has 4 nitrogen and oxygen atoms in total. The van der Waals surface area contributed by atoms with Crippen molar-refractivity contribution in [1.82, 2.24) is 9.78 Å². The van der Waals surface area contributed by atoms with E-state index < -0.39 is 6.10 Å². The number of ether oxygens (including phenoxy) is 1. The van der Waals surface area contributed by atoms with E-state index in [1.165, 1.54) is 5.69 Å². The highest BCUT2D eigenvalue weighted by atomic mass is 16.5. The lowest BCUT2D eigenvalue weighted by atomic mass is 10.2. The van der Waals surface area contributed by atoms with Crippen molar-refractivity contribution in [3.63, 3.8) is 0 Å². The van der Waals surface area contributed by atoms with Gasteiger partial charge in [0.05, 0.1) is 24.9 Å². The Morgan fingerprint density at radius 2 is 2.12 bits per heavy atom. The first-order chi connectivity index (χ1) is 7.71. The SMILES string of the molecule is CCOCC(O)Cn1nc(CC)cc1CC. The van der Waals surface area contributed by atoms with Gasteiger partial charge >= 0.3 is 0 Å². The quantitative estimate of drug-likeness (QED) is 0.764. The topological polar surface area (TPSA) is 47.3 Å². The predicted octanol–water partition coefficient (Wildman–Crippen LogP) is 1.41. The molecule has 0 amide bonds. The summed E-state index contributed by atoms with van der Waals surface area (Å²) in [5, 5.41) is 14.2. The molecular weight excluding hydrogens is 204 g/mol. The van der Waals surface area contributed by atoms with Crippen LogP contribution in [0.1, 0.15) is 32.2 Å². The second-order valence-electron chi connectivity index (χ2n) is 3.83. The summed E-state index contributed by atoms with van der Waals surface area (Å²) in [7, 11) is 0. The fraction of sp³-hybridized carbons (Fsp3) is 0.750. The Bertz CT molecular complexity index is 310. The van der Waals surface area contributed by atoms with Gasteiger partial charge in [0.1, 0.15) is 0 Å². The Hall–Kier alpha value is -0.870. The molecule has 0 fully saturated rings. The first-order valence-electron chi connectivity index (χ1n) is 6.02. The first-order valence-corrected chi connectivity index (χ1v) is 6.02. The summed E-state index contributed by atoms with van der Waals surface area (Å²) >= 11 is 0. The van der Waals surface area contributed by atoms with Gasteiger partial charge in [0.15, 0.2) is 0 Å². The normalized spacial score (nSPS) is 13.0. The third-order valence-corrected chi connectivity index (χ3v) is 2.54. The molecule has 1 heterocycles. The zero-order valence-electron chi connectivity index (χ0n) is 10.4. The fourth-order valence-corrected chi connectivity index (χ4v) is 1.64. The average molecular weight is 226 g/mol. The number of aliphatic hydroxyl groups excluding tert-OH is 1. The molecule has 1 aromatic heterocycles. The van der Waals surface area contributed by atoms with Crippen LogP contribution in [0.4, 0.5) is 0 Å².